The molecule has 4 aliphatic rings. The third-order valence-corrected chi connectivity index (χ3v) is 9.31. The van der Waals surface area contributed by atoms with Crippen LogP contribution in [-0.4, -0.2) is 46.7 Å². The first-order valence-corrected chi connectivity index (χ1v) is 12.7. The molecule has 3 heterocycles. The molecule has 3 aromatic rings. The number of rotatable bonds is 5. The summed E-state index contributed by atoms with van der Waals surface area (Å²) in [6, 6.07) is 13.1. The van der Waals surface area contributed by atoms with Crippen molar-refractivity contribution in [3.63, 3.8) is 0 Å². The van der Waals surface area contributed by atoms with Gasteiger partial charge in [-0.3, -0.25) is 0 Å². The summed E-state index contributed by atoms with van der Waals surface area (Å²) in [5.41, 5.74) is 6.13. The fourth-order valence-corrected chi connectivity index (χ4v) is 7.92. The number of aromatic amines is 1. The number of fused-ring (bicyclic) bond motifs is 4. The van der Waals surface area contributed by atoms with Gasteiger partial charge in [-0.05, 0) is 69.1 Å². The van der Waals surface area contributed by atoms with E-state index in [1.165, 1.54) is 52.5 Å². The highest BCUT2D eigenvalue weighted by molar-refractivity contribution is 5.86. The van der Waals surface area contributed by atoms with Gasteiger partial charge in [0.05, 0.1) is 16.6 Å². The van der Waals surface area contributed by atoms with Crippen LogP contribution in [0.2, 0.25) is 0 Å². The van der Waals surface area contributed by atoms with E-state index in [0.29, 0.717) is 6.04 Å². The van der Waals surface area contributed by atoms with E-state index in [1.54, 1.807) is 0 Å². The van der Waals surface area contributed by atoms with Crippen molar-refractivity contribution in [3.05, 3.63) is 58.8 Å². The number of ether oxygens (including phenoxy) is 1. The Hall–Kier alpha value is -2.50. The summed E-state index contributed by atoms with van der Waals surface area (Å²) in [5, 5.41) is 16.4. The van der Waals surface area contributed by atoms with Gasteiger partial charge in [-0.25, -0.2) is 0 Å². The number of phenolic OH excluding ortho intramolecular Hbond substituents is 1. The van der Waals surface area contributed by atoms with Crippen molar-refractivity contribution in [1.82, 2.24) is 15.2 Å². The molecule has 2 bridgehead atoms. The first-order chi connectivity index (χ1) is 16.1. The third kappa shape index (κ3) is 2.30. The number of nitrogens with zero attached hydrogens (tertiary/aromatic N) is 1. The van der Waals surface area contributed by atoms with E-state index < -0.39 is 0 Å². The third-order valence-electron chi connectivity index (χ3n) is 9.31. The molecular formula is C28H33N3O2. The fraction of sp³-hybridized carbons (Fsp3) is 0.500. The number of hydrogen-bond acceptors (Lipinski definition) is 4. The predicted molar refractivity (Wildman–Crippen MR) is 130 cm³/mol. The molecule has 1 fully saturated rings. The summed E-state index contributed by atoms with van der Waals surface area (Å²) < 4.78 is 6.81. The summed E-state index contributed by atoms with van der Waals surface area (Å²) in [6.45, 7) is 4.34. The van der Waals surface area contributed by atoms with E-state index in [1.807, 2.05) is 6.07 Å². The van der Waals surface area contributed by atoms with E-state index in [4.69, 9.17) is 4.74 Å². The van der Waals surface area contributed by atoms with Crippen molar-refractivity contribution in [2.45, 2.75) is 68.5 Å². The number of para-hydroxylation sites is 1. The Bertz CT molecular complexity index is 1270. The molecule has 5 heteroatoms. The quantitative estimate of drug-likeness (QED) is 0.505. The molecule has 4 atom stereocenters. The van der Waals surface area contributed by atoms with Crippen LogP contribution in [0.25, 0.3) is 10.9 Å². The van der Waals surface area contributed by atoms with Gasteiger partial charge in [-0.15, -0.1) is 0 Å². The maximum Gasteiger partial charge on any atom is 0.166 e. The smallest absolute Gasteiger partial charge is 0.166 e. The monoisotopic (exact) mass is 443 g/mol. The van der Waals surface area contributed by atoms with Crippen molar-refractivity contribution in [2.24, 2.45) is 0 Å². The van der Waals surface area contributed by atoms with Crippen LogP contribution in [0.15, 0.2) is 36.4 Å². The Labute approximate surface area is 195 Å². The number of aromatic hydroxyl groups is 1. The SMILES string of the molecule is CCCCCN[C@@]12Cc3c([nH]c4ccccc34)[C@@H]3Oc4c(O)ccc5c4[C@@]31CCN(C)[C@H]2C5. The van der Waals surface area contributed by atoms with Crippen LogP contribution in [0.3, 0.4) is 0 Å². The standard InChI is InChI=1S/C28H33N3O2/c1-3-4-7-13-29-28-16-19-18-8-5-6-9-20(18)30-24(19)26-27(28)12-14-31(2)22(28)15-17-10-11-21(32)25(33-26)23(17)27/h5-6,8-11,22,26,29-30,32H,3-4,7,12-16H2,1-2H3/t22-,26-,27-,28+/m0/s1. The van der Waals surface area contributed by atoms with Crippen molar-refractivity contribution < 1.29 is 9.84 Å². The number of benzene rings is 2. The lowest BCUT2D eigenvalue weighted by molar-refractivity contribution is -0.0653. The van der Waals surface area contributed by atoms with E-state index in [-0.39, 0.29) is 22.8 Å². The second-order valence-corrected chi connectivity index (χ2v) is 10.7. The molecule has 1 aromatic heterocycles. The molecule has 2 aliphatic carbocycles. The minimum atomic E-state index is -0.175. The van der Waals surface area contributed by atoms with Crippen molar-refractivity contribution >= 4 is 10.9 Å². The number of nitrogens with one attached hydrogen (secondary N) is 2. The molecular weight excluding hydrogens is 410 g/mol. The maximum atomic E-state index is 10.9. The number of phenols is 1. The number of aromatic nitrogens is 1. The molecule has 1 spiro atoms. The summed E-state index contributed by atoms with van der Waals surface area (Å²) in [5.74, 6) is 1.01. The highest BCUT2D eigenvalue weighted by atomic mass is 16.5. The molecule has 0 amide bonds. The van der Waals surface area contributed by atoms with E-state index in [2.05, 4.69) is 59.5 Å². The second kappa shape index (κ2) is 6.77. The molecule has 0 saturated carbocycles. The zero-order chi connectivity index (χ0) is 22.4. The molecule has 2 aliphatic heterocycles. The predicted octanol–water partition coefficient (Wildman–Crippen LogP) is 4.58. The first-order valence-electron chi connectivity index (χ1n) is 12.7. The second-order valence-electron chi connectivity index (χ2n) is 10.7. The Morgan fingerprint density at radius 1 is 1.21 bits per heavy atom. The number of likely N-dealkylation sites (N-methyl/N-ethyl adjacent to an activating group) is 1. The van der Waals surface area contributed by atoms with Crippen LogP contribution in [0.4, 0.5) is 0 Å². The minimum Gasteiger partial charge on any atom is -0.504 e. The molecule has 5 nitrogen and oxygen atoms in total. The number of piperidine rings is 1. The van der Waals surface area contributed by atoms with Crippen LogP contribution in [0, 0.1) is 0 Å². The lowest BCUT2D eigenvalue weighted by Crippen LogP contribution is -2.79. The Morgan fingerprint density at radius 2 is 2.09 bits per heavy atom. The number of unbranched alkanes of at least 4 members (excludes halogenated alkanes) is 2. The van der Waals surface area contributed by atoms with Crippen LogP contribution in [0.1, 0.15) is 61.1 Å². The molecule has 172 valence electrons. The van der Waals surface area contributed by atoms with Crippen molar-refractivity contribution in [3.8, 4) is 11.5 Å². The summed E-state index contributed by atoms with van der Waals surface area (Å²) in [4.78, 5) is 6.35. The van der Waals surface area contributed by atoms with Crippen LogP contribution < -0.4 is 10.1 Å². The average molecular weight is 444 g/mol. The van der Waals surface area contributed by atoms with Crippen LogP contribution in [0.5, 0.6) is 11.5 Å². The number of hydrogen-bond donors (Lipinski definition) is 3. The van der Waals surface area contributed by atoms with Gasteiger partial charge >= 0.3 is 0 Å². The molecule has 0 unspecified atom stereocenters. The van der Waals surface area contributed by atoms with Gasteiger partial charge in [0, 0.05) is 22.5 Å². The van der Waals surface area contributed by atoms with Gasteiger partial charge in [0.2, 0.25) is 0 Å². The van der Waals surface area contributed by atoms with E-state index in [9.17, 15) is 5.11 Å². The highest BCUT2D eigenvalue weighted by Gasteiger charge is 2.72. The number of likely N-dealkylation sites (tertiary alicyclic amines) is 1. The van der Waals surface area contributed by atoms with Crippen LogP contribution >= 0.6 is 0 Å². The summed E-state index contributed by atoms with van der Waals surface area (Å²) in [6.07, 6.45) is 6.57. The zero-order valence-electron chi connectivity index (χ0n) is 19.6. The minimum absolute atomic E-state index is 0.106. The number of H-pyrrole nitrogens is 1. The van der Waals surface area contributed by atoms with Gasteiger partial charge in [0.15, 0.2) is 17.6 Å². The fourth-order valence-electron chi connectivity index (χ4n) is 7.92. The highest BCUT2D eigenvalue weighted by Crippen LogP contribution is 2.68. The molecule has 1 saturated heterocycles. The Kier molecular flexibility index (Phi) is 4.09. The molecule has 2 aromatic carbocycles. The summed E-state index contributed by atoms with van der Waals surface area (Å²) in [7, 11) is 2.30. The van der Waals surface area contributed by atoms with Gasteiger partial charge in [-0.2, -0.15) is 0 Å². The van der Waals surface area contributed by atoms with Gasteiger partial charge < -0.3 is 25.0 Å². The van der Waals surface area contributed by atoms with Gasteiger partial charge in [0.25, 0.3) is 0 Å². The van der Waals surface area contributed by atoms with E-state index >= 15 is 0 Å². The average Bonchev–Trinajstić information content (AvgIpc) is 3.36. The molecule has 7 rings (SSSR count). The molecule has 0 radical (unpaired) electrons. The van der Waals surface area contributed by atoms with Crippen molar-refractivity contribution in [1.29, 1.82) is 0 Å². The Balaban J connectivity index is 1.52. The largest absolute Gasteiger partial charge is 0.504 e. The van der Waals surface area contributed by atoms with Crippen LogP contribution in [-0.2, 0) is 18.3 Å². The lowest BCUT2D eigenvalue weighted by Gasteiger charge is -2.65. The Morgan fingerprint density at radius 3 is 2.97 bits per heavy atom. The van der Waals surface area contributed by atoms with E-state index in [0.717, 1.165) is 38.1 Å². The summed E-state index contributed by atoms with van der Waals surface area (Å²) >= 11 is 0. The van der Waals surface area contributed by atoms with Gasteiger partial charge in [-0.1, -0.05) is 44.0 Å². The zero-order valence-corrected chi connectivity index (χ0v) is 19.6. The topological polar surface area (TPSA) is 60.5 Å². The lowest BCUT2D eigenvalue weighted by atomic mass is 9.47. The van der Waals surface area contributed by atoms with Crippen molar-refractivity contribution in [2.75, 3.05) is 20.1 Å². The maximum absolute atomic E-state index is 10.9. The molecule has 33 heavy (non-hydrogen) atoms. The molecule has 3 N–H and O–H groups in total. The first kappa shape index (κ1) is 19.9. The normalized spacial score (nSPS) is 31.3. The van der Waals surface area contributed by atoms with Gasteiger partial charge in [0.1, 0.15) is 0 Å².